The first-order chi connectivity index (χ1) is 9.51. The van der Waals surface area contributed by atoms with Crippen LogP contribution in [0.1, 0.15) is 21.7 Å². The predicted octanol–water partition coefficient (Wildman–Crippen LogP) is 3.40. The Morgan fingerprint density at radius 2 is 2.15 bits per heavy atom. The van der Waals surface area contributed by atoms with Gasteiger partial charge in [0, 0.05) is 10.7 Å². The van der Waals surface area contributed by atoms with Gasteiger partial charge in [0.15, 0.2) is 0 Å². The molecule has 0 N–H and O–H groups in total. The first kappa shape index (κ1) is 14.0. The molecule has 20 heavy (non-hydrogen) atoms. The summed E-state index contributed by atoms with van der Waals surface area (Å²) >= 11 is 5.88. The molecule has 1 aromatic heterocycles. The van der Waals surface area contributed by atoms with Crippen molar-refractivity contribution in [1.29, 1.82) is 5.26 Å². The van der Waals surface area contributed by atoms with Crippen LogP contribution >= 0.6 is 11.6 Å². The summed E-state index contributed by atoms with van der Waals surface area (Å²) in [5.74, 6) is -0.446. The molecular formula is C15H12ClN3O. The summed E-state index contributed by atoms with van der Waals surface area (Å²) in [7, 11) is 0. The van der Waals surface area contributed by atoms with Gasteiger partial charge in [-0.25, -0.2) is 4.68 Å². The van der Waals surface area contributed by atoms with Crippen molar-refractivity contribution in [3.63, 3.8) is 0 Å². The highest BCUT2D eigenvalue weighted by atomic mass is 35.5. The quantitative estimate of drug-likeness (QED) is 0.627. The Morgan fingerprint density at radius 3 is 2.70 bits per heavy atom. The van der Waals surface area contributed by atoms with Gasteiger partial charge in [-0.15, -0.1) is 0 Å². The number of hydrogen-bond donors (Lipinski definition) is 0. The first-order valence-corrected chi connectivity index (χ1v) is 6.34. The van der Waals surface area contributed by atoms with Crippen LogP contribution in [0, 0.1) is 25.2 Å². The van der Waals surface area contributed by atoms with Crippen LogP contribution in [0.25, 0.3) is 6.08 Å². The van der Waals surface area contributed by atoms with Crippen LogP contribution in [0.5, 0.6) is 0 Å². The zero-order valence-electron chi connectivity index (χ0n) is 11.1. The van der Waals surface area contributed by atoms with Crippen LogP contribution in [-0.2, 0) is 0 Å². The van der Waals surface area contributed by atoms with Crippen molar-refractivity contribution >= 4 is 23.6 Å². The van der Waals surface area contributed by atoms with E-state index < -0.39 is 5.91 Å². The third-order valence-corrected chi connectivity index (χ3v) is 2.95. The summed E-state index contributed by atoms with van der Waals surface area (Å²) in [4.78, 5) is 12.3. The van der Waals surface area contributed by atoms with Crippen LogP contribution in [-0.4, -0.2) is 15.7 Å². The van der Waals surface area contributed by atoms with Crippen molar-refractivity contribution in [2.45, 2.75) is 13.8 Å². The van der Waals surface area contributed by atoms with Crippen LogP contribution in [0.15, 0.2) is 35.9 Å². The molecule has 0 aliphatic heterocycles. The van der Waals surface area contributed by atoms with Gasteiger partial charge in [0.2, 0.25) is 0 Å². The normalized spacial score (nSPS) is 11.2. The van der Waals surface area contributed by atoms with Gasteiger partial charge in [-0.1, -0.05) is 23.7 Å². The van der Waals surface area contributed by atoms with Crippen LogP contribution in [0.2, 0.25) is 5.02 Å². The Labute approximate surface area is 121 Å². The predicted molar refractivity (Wildman–Crippen MR) is 77.4 cm³/mol. The van der Waals surface area contributed by atoms with Crippen molar-refractivity contribution in [3.8, 4) is 6.07 Å². The highest BCUT2D eigenvalue weighted by Crippen LogP contribution is 2.15. The lowest BCUT2D eigenvalue weighted by Crippen LogP contribution is -2.15. The maximum atomic E-state index is 12.3. The van der Waals surface area contributed by atoms with E-state index in [-0.39, 0.29) is 5.57 Å². The number of nitriles is 1. The Bertz CT molecular complexity index is 738. The van der Waals surface area contributed by atoms with Gasteiger partial charge in [-0.3, -0.25) is 4.79 Å². The lowest BCUT2D eigenvalue weighted by molar-refractivity contribution is 0.0944. The Balaban J connectivity index is 2.41. The minimum Gasteiger partial charge on any atom is -0.266 e. The zero-order chi connectivity index (χ0) is 14.7. The van der Waals surface area contributed by atoms with Crippen molar-refractivity contribution in [3.05, 3.63) is 57.9 Å². The number of carbonyl (C=O) groups excluding carboxylic acids is 1. The highest BCUT2D eigenvalue weighted by molar-refractivity contribution is 6.30. The molecule has 0 unspecified atom stereocenters. The molecule has 0 amide bonds. The fourth-order valence-electron chi connectivity index (χ4n) is 1.85. The molecule has 0 saturated heterocycles. The molecule has 0 spiro atoms. The maximum absolute atomic E-state index is 12.3. The van der Waals surface area contributed by atoms with Gasteiger partial charge in [0.1, 0.15) is 11.6 Å². The number of aryl methyl sites for hydroxylation is 2. The van der Waals surface area contributed by atoms with Gasteiger partial charge >= 0.3 is 0 Å². The molecule has 0 radical (unpaired) electrons. The summed E-state index contributed by atoms with van der Waals surface area (Å²) in [6.07, 6.45) is 1.50. The first-order valence-electron chi connectivity index (χ1n) is 5.96. The molecule has 0 atom stereocenters. The molecular weight excluding hydrogens is 274 g/mol. The molecule has 0 bridgehead atoms. The van der Waals surface area contributed by atoms with Gasteiger partial charge in [-0.2, -0.15) is 10.4 Å². The molecule has 0 aliphatic rings. The lowest BCUT2D eigenvalue weighted by Gasteiger charge is -2.02. The zero-order valence-corrected chi connectivity index (χ0v) is 11.8. The number of carbonyl (C=O) groups is 1. The van der Waals surface area contributed by atoms with Crippen LogP contribution in [0.3, 0.4) is 0 Å². The van der Waals surface area contributed by atoms with Crippen molar-refractivity contribution in [2.75, 3.05) is 0 Å². The average molecular weight is 286 g/mol. The number of nitrogens with zero attached hydrogens (tertiary/aromatic N) is 3. The summed E-state index contributed by atoms with van der Waals surface area (Å²) in [5, 5.41) is 13.8. The Morgan fingerprint density at radius 1 is 1.40 bits per heavy atom. The largest absolute Gasteiger partial charge is 0.289 e. The summed E-state index contributed by atoms with van der Waals surface area (Å²) < 4.78 is 1.23. The second kappa shape index (κ2) is 5.72. The lowest BCUT2D eigenvalue weighted by atomic mass is 10.1. The van der Waals surface area contributed by atoms with Gasteiger partial charge < -0.3 is 0 Å². The third-order valence-electron chi connectivity index (χ3n) is 2.71. The van der Waals surface area contributed by atoms with E-state index in [9.17, 15) is 10.1 Å². The van der Waals surface area contributed by atoms with Gasteiger partial charge in [-0.05, 0) is 43.7 Å². The van der Waals surface area contributed by atoms with E-state index in [1.54, 1.807) is 44.2 Å². The Kier molecular flexibility index (Phi) is 4.02. The van der Waals surface area contributed by atoms with Crippen molar-refractivity contribution in [2.24, 2.45) is 0 Å². The fraction of sp³-hybridized carbons (Fsp3) is 0.133. The van der Waals surface area contributed by atoms with E-state index in [1.165, 1.54) is 10.8 Å². The van der Waals surface area contributed by atoms with Gasteiger partial charge in [0.25, 0.3) is 5.91 Å². The fourth-order valence-corrected chi connectivity index (χ4v) is 2.05. The summed E-state index contributed by atoms with van der Waals surface area (Å²) in [6, 6.07) is 10.7. The molecule has 0 saturated carbocycles. The number of benzene rings is 1. The molecule has 100 valence electrons. The van der Waals surface area contributed by atoms with Crippen molar-refractivity contribution < 1.29 is 4.79 Å². The molecule has 1 aromatic carbocycles. The summed E-state index contributed by atoms with van der Waals surface area (Å²) in [5.41, 5.74) is 2.14. The van der Waals surface area contributed by atoms with E-state index >= 15 is 0 Å². The minimum absolute atomic E-state index is 0.0125. The Hall–Kier alpha value is -2.38. The molecule has 2 aromatic rings. The van der Waals surface area contributed by atoms with E-state index in [0.29, 0.717) is 16.3 Å². The number of rotatable bonds is 2. The maximum Gasteiger partial charge on any atom is 0.289 e. The smallest absolute Gasteiger partial charge is 0.266 e. The molecule has 2 rings (SSSR count). The monoisotopic (exact) mass is 285 g/mol. The molecule has 5 heteroatoms. The van der Waals surface area contributed by atoms with Gasteiger partial charge in [0.05, 0.1) is 5.69 Å². The molecule has 4 nitrogen and oxygen atoms in total. The number of allylic oxidation sites excluding steroid dienone is 1. The molecule has 0 aliphatic carbocycles. The topological polar surface area (TPSA) is 58.7 Å². The molecule has 1 heterocycles. The third kappa shape index (κ3) is 2.95. The van der Waals surface area contributed by atoms with E-state index in [2.05, 4.69) is 5.10 Å². The summed E-state index contributed by atoms with van der Waals surface area (Å²) in [6.45, 7) is 3.57. The number of hydrogen-bond acceptors (Lipinski definition) is 3. The van der Waals surface area contributed by atoms with E-state index in [1.807, 2.05) is 6.07 Å². The number of aromatic nitrogens is 2. The highest BCUT2D eigenvalue weighted by Gasteiger charge is 2.15. The van der Waals surface area contributed by atoms with Crippen molar-refractivity contribution in [1.82, 2.24) is 9.78 Å². The minimum atomic E-state index is -0.446. The van der Waals surface area contributed by atoms with Crippen LogP contribution < -0.4 is 0 Å². The average Bonchev–Trinajstić information content (AvgIpc) is 2.74. The second-order valence-corrected chi connectivity index (χ2v) is 4.81. The number of halogens is 1. The second-order valence-electron chi connectivity index (χ2n) is 4.37. The van der Waals surface area contributed by atoms with Crippen LogP contribution in [0.4, 0.5) is 0 Å². The van der Waals surface area contributed by atoms with E-state index in [0.717, 1.165) is 5.69 Å². The SMILES string of the molecule is Cc1cc(C)n(C(=O)/C(C#N)=C/c2cccc(Cl)c2)n1. The van der Waals surface area contributed by atoms with E-state index in [4.69, 9.17) is 11.6 Å². The standard InChI is InChI=1S/C15H12ClN3O/c1-10-6-11(2)19(18-10)15(20)13(9-17)7-12-4-3-5-14(16)8-12/h3-8H,1-2H3/b13-7+. The molecule has 0 fully saturated rings.